The zero-order valence-electron chi connectivity index (χ0n) is 17.9. The van der Waals surface area contributed by atoms with E-state index < -0.39 is 29.2 Å². The van der Waals surface area contributed by atoms with E-state index >= 15 is 0 Å². The Morgan fingerprint density at radius 2 is 1.97 bits per heavy atom. The molecule has 12 heteroatoms. The van der Waals surface area contributed by atoms with Gasteiger partial charge in [0.2, 0.25) is 0 Å². The summed E-state index contributed by atoms with van der Waals surface area (Å²) < 4.78 is 43.1. The number of aromatic nitrogens is 5. The average molecular weight is 501 g/mol. The first-order chi connectivity index (χ1) is 16.6. The fourth-order valence-corrected chi connectivity index (χ4v) is 3.99. The Hall–Kier alpha value is -4.12. The molecule has 0 bridgehead atoms. The van der Waals surface area contributed by atoms with E-state index in [0.29, 0.717) is 21.9 Å². The second kappa shape index (κ2) is 8.27. The smallest absolute Gasteiger partial charge is 0.342 e. The normalized spacial score (nSPS) is 12.8. The van der Waals surface area contributed by atoms with Crippen LogP contribution in [-0.2, 0) is 6.18 Å². The van der Waals surface area contributed by atoms with Gasteiger partial charge in [0.25, 0.3) is 11.5 Å². The molecule has 0 aliphatic rings. The Labute approximate surface area is 199 Å². The Morgan fingerprint density at radius 3 is 2.74 bits per heavy atom. The van der Waals surface area contributed by atoms with E-state index in [4.69, 9.17) is 11.6 Å². The number of nitrogens with one attached hydrogen (secondary N) is 3. The summed E-state index contributed by atoms with van der Waals surface area (Å²) in [6.45, 7) is 1.66. The fourth-order valence-electron chi connectivity index (χ4n) is 3.82. The molecule has 8 nitrogen and oxygen atoms in total. The predicted molar refractivity (Wildman–Crippen MR) is 124 cm³/mol. The molecular weight excluding hydrogens is 485 g/mol. The molecule has 5 aromatic rings. The molecular formula is C23H16ClF3N6O2. The summed E-state index contributed by atoms with van der Waals surface area (Å²) in [6, 6.07) is 9.14. The standard InChI is InChI=1S/C23H16ClF3N6O2/c1-11(20-31-15-4-3-13(24)9-16(15)32-20)30-21(34)12-2-5-17(14(8-12)23(25,26)27)33-10-29-19-18(33)6-7-28-22(19)35/h2-11H,1H3,(H,28,35)(H,30,34)(H,31,32)/t11-/m0/s1. The Bertz CT molecular complexity index is 1650. The number of rotatable bonds is 4. The first-order valence-electron chi connectivity index (χ1n) is 10.3. The summed E-state index contributed by atoms with van der Waals surface area (Å²) in [5.41, 5.74) is -0.495. The monoisotopic (exact) mass is 500 g/mol. The number of carbonyl (C=O) groups is 1. The maximum Gasteiger partial charge on any atom is 0.418 e. The van der Waals surface area contributed by atoms with Gasteiger partial charge in [-0.25, -0.2) is 9.97 Å². The van der Waals surface area contributed by atoms with Crippen LogP contribution in [0.5, 0.6) is 0 Å². The molecule has 3 heterocycles. The van der Waals surface area contributed by atoms with E-state index in [1.54, 1.807) is 25.1 Å². The van der Waals surface area contributed by atoms with Crippen LogP contribution in [0.2, 0.25) is 5.02 Å². The molecule has 1 amide bonds. The van der Waals surface area contributed by atoms with E-state index in [1.807, 2.05) is 0 Å². The second-order valence-electron chi connectivity index (χ2n) is 7.86. The number of pyridine rings is 1. The molecule has 0 radical (unpaired) electrons. The molecule has 178 valence electrons. The van der Waals surface area contributed by atoms with E-state index in [1.165, 1.54) is 24.4 Å². The summed E-state index contributed by atoms with van der Waals surface area (Å²) in [5.74, 6) is -0.279. The minimum absolute atomic E-state index is 0.00314. The minimum Gasteiger partial charge on any atom is -0.342 e. The summed E-state index contributed by atoms with van der Waals surface area (Å²) in [6.07, 6.45) is -2.31. The number of fused-ring (bicyclic) bond motifs is 2. The van der Waals surface area contributed by atoms with Crippen molar-refractivity contribution in [2.24, 2.45) is 0 Å². The highest BCUT2D eigenvalue weighted by molar-refractivity contribution is 6.31. The molecule has 0 fully saturated rings. The van der Waals surface area contributed by atoms with Crippen LogP contribution in [-0.4, -0.2) is 30.4 Å². The Kier molecular flexibility index (Phi) is 5.36. The van der Waals surface area contributed by atoms with Gasteiger partial charge in [-0.1, -0.05) is 11.6 Å². The number of halogens is 4. The van der Waals surface area contributed by atoms with Crippen LogP contribution >= 0.6 is 11.6 Å². The quantitative estimate of drug-likeness (QED) is 0.331. The number of aromatic amines is 2. The van der Waals surface area contributed by atoms with Gasteiger partial charge in [-0.2, -0.15) is 13.2 Å². The molecule has 35 heavy (non-hydrogen) atoms. The highest BCUT2D eigenvalue weighted by Crippen LogP contribution is 2.35. The number of hydrogen-bond donors (Lipinski definition) is 3. The van der Waals surface area contributed by atoms with E-state index in [-0.39, 0.29) is 22.3 Å². The molecule has 0 spiro atoms. The zero-order valence-corrected chi connectivity index (χ0v) is 18.7. The molecule has 1 atom stereocenters. The summed E-state index contributed by atoms with van der Waals surface area (Å²) in [7, 11) is 0. The third kappa shape index (κ3) is 4.14. The molecule has 3 N–H and O–H groups in total. The van der Waals surface area contributed by atoms with Gasteiger partial charge < -0.3 is 15.3 Å². The fraction of sp³-hybridized carbons (Fsp3) is 0.130. The topological polar surface area (TPSA) is 108 Å². The van der Waals surface area contributed by atoms with Gasteiger partial charge in [-0.05, 0) is 49.4 Å². The van der Waals surface area contributed by atoms with Gasteiger partial charge >= 0.3 is 6.18 Å². The van der Waals surface area contributed by atoms with Crippen LogP contribution < -0.4 is 10.9 Å². The van der Waals surface area contributed by atoms with Gasteiger partial charge in [0.15, 0.2) is 5.52 Å². The van der Waals surface area contributed by atoms with E-state index in [0.717, 1.165) is 17.0 Å². The van der Waals surface area contributed by atoms with Crippen LogP contribution in [0.4, 0.5) is 13.2 Å². The lowest BCUT2D eigenvalue weighted by Gasteiger charge is -2.17. The first-order valence-corrected chi connectivity index (χ1v) is 10.7. The molecule has 3 aromatic heterocycles. The second-order valence-corrected chi connectivity index (χ2v) is 8.30. The number of H-pyrrole nitrogens is 2. The van der Waals surface area contributed by atoms with Crippen molar-refractivity contribution in [2.75, 3.05) is 0 Å². The lowest BCUT2D eigenvalue weighted by molar-refractivity contribution is -0.137. The Morgan fingerprint density at radius 1 is 1.17 bits per heavy atom. The predicted octanol–water partition coefficient (Wildman–Crippen LogP) is 4.75. The molecule has 0 saturated carbocycles. The molecule has 0 aliphatic carbocycles. The first kappa shape index (κ1) is 22.7. The molecule has 2 aromatic carbocycles. The van der Waals surface area contributed by atoms with Crippen molar-refractivity contribution in [2.45, 2.75) is 19.1 Å². The number of carbonyl (C=O) groups excluding carboxylic acids is 1. The summed E-state index contributed by atoms with van der Waals surface area (Å²) >= 11 is 5.98. The van der Waals surface area contributed by atoms with Crippen molar-refractivity contribution in [3.63, 3.8) is 0 Å². The maximum atomic E-state index is 14.0. The van der Waals surface area contributed by atoms with Crippen LogP contribution in [0.3, 0.4) is 0 Å². The van der Waals surface area contributed by atoms with Gasteiger partial charge in [-0.15, -0.1) is 0 Å². The van der Waals surface area contributed by atoms with Crippen molar-refractivity contribution < 1.29 is 18.0 Å². The van der Waals surface area contributed by atoms with E-state index in [2.05, 4.69) is 25.3 Å². The number of amides is 1. The number of hydrogen-bond acceptors (Lipinski definition) is 4. The maximum absolute atomic E-state index is 14.0. The van der Waals surface area contributed by atoms with Gasteiger partial charge in [0, 0.05) is 16.8 Å². The largest absolute Gasteiger partial charge is 0.418 e. The van der Waals surface area contributed by atoms with Crippen molar-refractivity contribution in [1.29, 1.82) is 0 Å². The number of imidazole rings is 2. The minimum atomic E-state index is -4.77. The highest BCUT2D eigenvalue weighted by atomic mass is 35.5. The third-order valence-electron chi connectivity index (χ3n) is 5.52. The summed E-state index contributed by atoms with van der Waals surface area (Å²) in [4.78, 5) is 38.5. The lowest BCUT2D eigenvalue weighted by atomic mass is 10.1. The van der Waals surface area contributed by atoms with Crippen LogP contribution in [0.25, 0.3) is 27.8 Å². The molecule has 5 rings (SSSR count). The van der Waals surface area contributed by atoms with Crippen molar-refractivity contribution in [3.05, 3.63) is 87.3 Å². The van der Waals surface area contributed by atoms with Gasteiger partial charge in [0.05, 0.1) is 33.8 Å². The summed E-state index contributed by atoms with van der Waals surface area (Å²) in [5, 5.41) is 3.17. The Balaban J connectivity index is 1.48. The van der Waals surface area contributed by atoms with Crippen LogP contribution in [0.15, 0.2) is 59.8 Å². The van der Waals surface area contributed by atoms with Crippen molar-refractivity contribution >= 4 is 39.6 Å². The average Bonchev–Trinajstić information content (AvgIpc) is 3.43. The van der Waals surface area contributed by atoms with Crippen molar-refractivity contribution in [3.8, 4) is 5.69 Å². The number of benzene rings is 2. The van der Waals surface area contributed by atoms with Gasteiger partial charge in [-0.3, -0.25) is 14.2 Å². The number of alkyl halides is 3. The number of nitrogens with zero attached hydrogens (tertiary/aromatic N) is 3. The molecule has 0 saturated heterocycles. The molecule has 0 aliphatic heterocycles. The lowest BCUT2D eigenvalue weighted by Crippen LogP contribution is -2.28. The zero-order chi connectivity index (χ0) is 24.9. The highest BCUT2D eigenvalue weighted by Gasteiger charge is 2.35. The van der Waals surface area contributed by atoms with Crippen LogP contribution in [0.1, 0.15) is 34.7 Å². The van der Waals surface area contributed by atoms with E-state index in [9.17, 15) is 22.8 Å². The van der Waals surface area contributed by atoms with Crippen molar-refractivity contribution in [1.82, 2.24) is 29.8 Å². The molecule has 0 unspecified atom stereocenters. The third-order valence-corrected chi connectivity index (χ3v) is 5.75. The van der Waals surface area contributed by atoms with Crippen LogP contribution in [0, 0.1) is 0 Å². The SMILES string of the molecule is C[C@H](NC(=O)c1ccc(-n2cnc3c(=O)[nH]ccc32)c(C(F)(F)F)c1)c1nc2ccc(Cl)cc2[nH]1. The van der Waals surface area contributed by atoms with Gasteiger partial charge in [0.1, 0.15) is 12.2 Å².